The number of benzene rings is 2. The molecule has 150 valence electrons. The second-order valence-corrected chi connectivity index (χ2v) is 7.61. The van der Waals surface area contributed by atoms with Gasteiger partial charge in [-0.25, -0.2) is 9.37 Å². The molecule has 2 aromatic carbocycles. The van der Waals surface area contributed by atoms with Crippen LogP contribution in [-0.4, -0.2) is 25.9 Å². The summed E-state index contributed by atoms with van der Waals surface area (Å²) >= 11 is 0. The number of pyridine rings is 2. The number of ether oxygens (including phenoxy) is 1. The van der Waals surface area contributed by atoms with Gasteiger partial charge in [0.15, 0.2) is 17.2 Å². The number of H-pyrrole nitrogens is 1. The lowest BCUT2D eigenvalue weighted by atomic mass is 10.1. The molecule has 0 amide bonds. The number of aromatic nitrogens is 4. The van der Waals surface area contributed by atoms with Crippen LogP contribution in [0.1, 0.15) is 19.4 Å². The van der Waals surface area contributed by atoms with Gasteiger partial charge in [0.2, 0.25) is 0 Å². The predicted molar refractivity (Wildman–Crippen MR) is 116 cm³/mol. The molecular formula is C24H21FN4O. The monoisotopic (exact) mass is 400 g/mol. The minimum atomic E-state index is -0.384. The molecule has 0 aliphatic carbocycles. The minimum Gasteiger partial charge on any atom is -0.488 e. The Morgan fingerprint density at radius 2 is 1.97 bits per heavy atom. The van der Waals surface area contributed by atoms with Gasteiger partial charge in [-0.1, -0.05) is 12.1 Å². The molecule has 0 bridgehead atoms. The third-order valence-electron chi connectivity index (χ3n) is 4.98. The zero-order valence-corrected chi connectivity index (χ0v) is 16.8. The number of fused-ring (bicyclic) bond motifs is 2. The first-order valence-corrected chi connectivity index (χ1v) is 9.92. The molecule has 0 saturated heterocycles. The Bertz CT molecular complexity index is 1350. The molecule has 0 unspecified atom stereocenters. The zero-order chi connectivity index (χ0) is 20.7. The summed E-state index contributed by atoms with van der Waals surface area (Å²) in [5.74, 6) is -0.128. The van der Waals surface area contributed by atoms with Crippen molar-refractivity contribution in [3.8, 4) is 17.0 Å². The van der Waals surface area contributed by atoms with Gasteiger partial charge in [-0.05, 0) is 67.9 Å². The molecule has 5 nitrogen and oxygen atoms in total. The van der Waals surface area contributed by atoms with Crippen molar-refractivity contribution in [1.29, 1.82) is 0 Å². The van der Waals surface area contributed by atoms with E-state index in [-0.39, 0.29) is 17.7 Å². The number of aromatic amines is 1. The van der Waals surface area contributed by atoms with Gasteiger partial charge in [-0.3, -0.25) is 14.8 Å². The van der Waals surface area contributed by atoms with Crippen molar-refractivity contribution >= 4 is 22.1 Å². The quantitative estimate of drug-likeness (QED) is 0.421. The van der Waals surface area contributed by atoms with Crippen molar-refractivity contribution in [3.05, 3.63) is 78.2 Å². The molecule has 5 rings (SSSR count). The maximum Gasteiger partial charge on any atom is 0.173 e. The summed E-state index contributed by atoms with van der Waals surface area (Å²) in [6, 6.07) is 19.0. The topological polar surface area (TPSA) is 55.7 Å². The van der Waals surface area contributed by atoms with Crippen molar-refractivity contribution in [2.45, 2.75) is 26.5 Å². The maximum absolute atomic E-state index is 14.4. The number of hydrogen-bond donors (Lipinski definition) is 1. The molecule has 1 N–H and O–H groups in total. The van der Waals surface area contributed by atoms with E-state index in [9.17, 15) is 4.39 Å². The van der Waals surface area contributed by atoms with Gasteiger partial charge >= 0.3 is 0 Å². The molecule has 0 saturated carbocycles. The van der Waals surface area contributed by atoms with Gasteiger partial charge in [0.25, 0.3) is 0 Å². The number of halogens is 1. The molecule has 0 aliphatic rings. The van der Waals surface area contributed by atoms with Gasteiger partial charge in [-0.2, -0.15) is 0 Å². The van der Waals surface area contributed by atoms with Crippen LogP contribution in [0.4, 0.5) is 4.39 Å². The highest BCUT2D eigenvalue weighted by Crippen LogP contribution is 2.27. The molecule has 3 heterocycles. The molecule has 5 aromatic rings. The fraction of sp³-hybridized carbons (Fsp3) is 0.167. The lowest BCUT2D eigenvalue weighted by Crippen LogP contribution is -2.13. The Morgan fingerprint density at radius 1 is 1.07 bits per heavy atom. The fourth-order valence-electron chi connectivity index (χ4n) is 3.58. The average Bonchev–Trinajstić information content (AvgIpc) is 2.73. The summed E-state index contributed by atoms with van der Waals surface area (Å²) < 4.78 is 21.9. The van der Waals surface area contributed by atoms with Gasteiger partial charge in [0.1, 0.15) is 0 Å². The molecule has 0 atom stereocenters. The van der Waals surface area contributed by atoms with E-state index >= 15 is 0 Å². The third kappa shape index (κ3) is 3.41. The zero-order valence-electron chi connectivity index (χ0n) is 16.8. The number of nitrogens with zero attached hydrogens (tertiary/aromatic N) is 3. The fourth-order valence-corrected chi connectivity index (χ4v) is 3.58. The van der Waals surface area contributed by atoms with Crippen LogP contribution in [0.15, 0.2) is 66.9 Å². The van der Waals surface area contributed by atoms with E-state index in [0.29, 0.717) is 6.54 Å². The summed E-state index contributed by atoms with van der Waals surface area (Å²) in [5.41, 5.74) is 5.38. The summed E-state index contributed by atoms with van der Waals surface area (Å²) in [6.45, 7) is 4.42. The molecule has 0 fully saturated rings. The lowest BCUT2D eigenvalue weighted by Gasteiger charge is -2.17. The van der Waals surface area contributed by atoms with E-state index in [1.807, 2.05) is 48.9 Å². The van der Waals surface area contributed by atoms with Crippen molar-refractivity contribution in [3.63, 3.8) is 0 Å². The lowest BCUT2D eigenvalue weighted by molar-refractivity contribution is 0.231. The van der Waals surface area contributed by atoms with Crippen molar-refractivity contribution in [2.75, 3.05) is 0 Å². The van der Waals surface area contributed by atoms with Gasteiger partial charge in [-0.15, -0.1) is 0 Å². The number of nitrogens with one attached hydrogen (secondary N) is 1. The van der Waals surface area contributed by atoms with Crippen LogP contribution in [0.2, 0.25) is 0 Å². The molecule has 0 spiro atoms. The average molecular weight is 400 g/mol. The number of rotatable bonds is 5. The largest absolute Gasteiger partial charge is 0.488 e. The van der Waals surface area contributed by atoms with Gasteiger partial charge in [0, 0.05) is 17.1 Å². The Balaban J connectivity index is 1.44. The van der Waals surface area contributed by atoms with E-state index in [4.69, 9.17) is 9.72 Å². The highest BCUT2D eigenvalue weighted by molar-refractivity contribution is 5.79. The minimum absolute atomic E-state index is 0.0783. The van der Waals surface area contributed by atoms with Crippen LogP contribution in [-0.2, 0) is 6.54 Å². The second kappa shape index (κ2) is 7.30. The van der Waals surface area contributed by atoms with E-state index in [1.165, 1.54) is 6.07 Å². The molecule has 6 heteroatoms. The van der Waals surface area contributed by atoms with E-state index in [0.717, 1.165) is 38.9 Å². The second-order valence-electron chi connectivity index (χ2n) is 7.61. The normalized spacial score (nSPS) is 11.6. The standard InChI is InChI=1S/C24H21FN4O/c1-15(2)30-23-10-6-18(13-19(23)25)21-8-9-22-24(27-21)29(28-22)14-16-5-7-20-17(12-16)4-3-11-26-20/h3-13,15,28H,14H2,1-2H3. The van der Waals surface area contributed by atoms with E-state index in [2.05, 4.69) is 28.3 Å². The number of hydrogen-bond acceptors (Lipinski definition) is 3. The molecule has 3 aromatic heterocycles. The first-order valence-electron chi connectivity index (χ1n) is 9.92. The summed E-state index contributed by atoms with van der Waals surface area (Å²) in [7, 11) is 0. The van der Waals surface area contributed by atoms with Crippen LogP contribution in [0.25, 0.3) is 33.3 Å². The van der Waals surface area contributed by atoms with Crippen molar-refractivity contribution < 1.29 is 9.13 Å². The molecule has 0 aliphatic heterocycles. The summed E-state index contributed by atoms with van der Waals surface area (Å²) in [4.78, 5) is 9.11. The van der Waals surface area contributed by atoms with Crippen LogP contribution < -0.4 is 4.74 Å². The predicted octanol–water partition coefficient (Wildman–Crippen LogP) is 5.55. The van der Waals surface area contributed by atoms with E-state index < -0.39 is 0 Å². The maximum atomic E-state index is 14.4. The molecule has 30 heavy (non-hydrogen) atoms. The molecular weight excluding hydrogens is 379 g/mol. The smallest absolute Gasteiger partial charge is 0.173 e. The highest BCUT2D eigenvalue weighted by atomic mass is 19.1. The van der Waals surface area contributed by atoms with Gasteiger partial charge in [0.05, 0.1) is 29.4 Å². The Kier molecular flexibility index (Phi) is 4.47. The van der Waals surface area contributed by atoms with Crippen LogP contribution >= 0.6 is 0 Å². The first kappa shape index (κ1) is 18.4. The third-order valence-corrected chi connectivity index (χ3v) is 4.98. The Hall–Kier alpha value is -3.67. The van der Waals surface area contributed by atoms with Crippen LogP contribution in [0.5, 0.6) is 5.75 Å². The summed E-state index contributed by atoms with van der Waals surface area (Å²) in [6.07, 6.45) is 1.72. The van der Waals surface area contributed by atoms with Crippen LogP contribution in [0, 0.1) is 5.82 Å². The Labute approximate surface area is 173 Å². The van der Waals surface area contributed by atoms with Crippen molar-refractivity contribution in [1.82, 2.24) is 19.7 Å². The van der Waals surface area contributed by atoms with E-state index in [1.54, 1.807) is 12.3 Å². The SMILES string of the molecule is CC(C)Oc1ccc(-c2ccc3[nH]n(Cc4ccc5ncccc5c4)c3n2)cc1F. The summed E-state index contributed by atoms with van der Waals surface area (Å²) in [5, 5.41) is 4.41. The van der Waals surface area contributed by atoms with Gasteiger partial charge < -0.3 is 4.74 Å². The molecule has 0 radical (unpaired) electrons. The van der Waals surface area contributed by atoms with Crippen molar-refractivity contribution in [2.24, 2.45) is 0 Å². The Morgan fingerprint density at radius 3 is 2.80 bits per heavy atom. The highest BCUT2D eigenvalue weighted by Gasteiger charge is 2.12. The first-order chi connectivity index (χ1) is 14.6. The van der Waals surface area contributed by atoms with Crippen LogP contribution in [0.3, 0.4) is 0 Å².